The number of aryl methyl sites for hydroxylation is 1. The highest BCUT2D eigenvalue weighted by atomic mass is 35.5. The zero-order valence-corrected chi connectivity index (χ0v) is 16.4. The van der Waals surface area contributed by atoms with E-state index in [1.165, 1.54) is 0 Å². The molecule has 0 aliphatic rings. The third-order valence-electron chi connectivity index (χ3n) is 3.79. The van der Waals surface area contributed by atoms with Gasteiger partial charge >= 0.3 is 0 Å². The summed E-state index contributed by atoms with van der Waals surface area (Å²) in [5.74, 6) is 0.881. The molecule has 2 aromatic rings. The van der Waals surface area contributed by atoms with Crippen LogP contribution in [0.5, 0.6) is 0 Å². The summed E-state index contributed by atoms with van der Waals surface area (Å²) in [4.78, 5) is 4.32. The van der Waals surface area contributed by atoms with Gasteiger partial charge in [0.25, 0.3) is 0 Å². The van der Waals surface area contributed by atoms with Gasteiger partial charge in [-0.05, 0) is 31.7 Å². The molecule has 0 radical (unpaired) electrons. The molecular formula is C18H24Cl2N4O2. The highest BCUT2D eigenvalue weighted by Gasteiger charge is 2.13. The van der Waals surface area contributed by atoms with E-state index in [4.69, 9.17) is 38.4 Å². The van der Waals surface area contributed by atoms with E-state index in [1.807, 2.05) is 0 Å². The fourth-order valence-corrected chi connectivity index (χ4v) is 2.81. The van der Waals surface area contributed by atoms with Gasteiger partial charge in [-0.1, -0.05) is 35.3 Å². The van der Waals surface area contributed by atoms with Crippen LogP contribution in [0.25, 0.3) is 11.3 Å². The molecule has 6 nitrogen and oxygen atoms in total. The first-order valence-corrected chi connectivity index (χ1v) is 9.39. The van der Waals surface area contributed by atoms with Crippen LogP contribution in [0.15, 0.2) is 18.2 Å². The Morgan fingerprint density at radius 3 is 2.54 bits per heavy atom. The zero-order valence-electron chi connectivity index (χ0n) is 14.9. The number of aromatic nitrogens is 3. The second-order valence-electron chi connectivity index (χ2n) is 5.83. The van der Waals surface area contributed by atoms with E-state index in [-0.39, 0.29) is 0 Å². The molecule has 0 bridgehead atoms. The summed E-state index contributed by atoms with van der Waals surface area (Å²) in [5, 5.41) is 9.15. The monoisotopic (exact) mass is 398 g/mol. The number of hydrogen-bond donors (Lipinski definition) is 1. The minimum absolute atomic E-state index is 0.290. The van der Waals surface area contributed by atoms with Crippen LogP contribution in [-0.4, -0.2) is 42.1 Å². The van der Waals surface area contributed by atoms with Gasteiger partial charge in [0.05, 0.1) is 10.0 Å². The molecule has 0 amide bonds. The van der Waals surface area contributed by atoms with E-state index in [0.717, 1.165) is 38.9 Å². The Balaban J connectivity index is 1.78. The first kappa shape index (κ1) is 20.8. The van der Waals surface area contributed by atoms with Crippen LogP contribution in [0.3, 0.4) is 0 Å². The normalized spacial score (nSPS) is 11.0. The molecule has 8 heteroatoms. The van der Waals surface area contributed by atoms with Gasteiger partial charge in [-0.15, -0.1) is 10.2 Å². The summed E-state index contributed by atoms with van der Waals surface area (Å²) in [6.45, 7) is 2.23. The Kier molecular flexibility index (Phi) is 9.05. The topological polar surface area (TPSA) is 83.2 Å². The molecule has 0 spiro atoms. The van der Waals surface area contributed by atoms with Gasteiger partial charge in [0.15, 0.2) is 11.6 Å². The summed E-state index contributed by atoms with van der Waals surface area (Å²) in [7, 11) is 1.72. The van der Waals surface area contributed by atoms with E-state index in [2.05, 4.69) is 15.2 Å². The van der Waals surface area contributed by atoms with Crippen molar-refractivity contribution in [1.29, 1.82) is 0 Å². The lowest BCUT2D eigenvalue weighted by atomic mass is 10.1. The van der Waals surface area contributed by atoms with Crippen molar-refractivity contribution in [3.8, 4) is 11.3 Å². The highest BCUT2D eigenvalue weighted by Crippen LogP contribution is 2.34. The van der Waals surface area contributed by atoms with Crippen molar-refractivity contribution in [3.05, 3.63) is 34.1 Å². The first-order chi connectivity index (χ1) is 12.6. The van der Waals surface area contributed by atoms with Gasteiger partial charge in [-0.2, -0.15) is 0 Å². The zero-order chi connectivity index (χ0) is 18.8. The van der Waals surface area contributed by atoms with Crippen LogP contribution in [0.4, 0.5) is 5.82 Å². The third-order valence-corrected chi connectivity index (χ3v) is 4.61. The Bertz CT molecular complexity index is 701. The minimum atomic E-state index is 0.290. The van der Waals surface area contributed by atoms with Gasteiger partial charge in [-0.25, -0.2) is 4.98 Å². The first-order valence-electron chi connectivity index (χ1n) is 8.63. The van der Waals surface area contributed by atoms with Crippen molar-refractivity contribution in [3.63, 3.8) is 0 Å². The lowest BCUT2D eigenvalue weighted by Crippen LogP contribution is -2.07. The van der Waals surface area contributed by atoms with E-state index < -0.39 is 0 Å². The molecule has 0 saturated carbocycles. The number of methoxy groups -OCH3 is 1. The van der Waals surface area contributed by atoms with Gasteiger partial charge in [0.1, 0.15) is 5.69 Å². The van der Waals surface area contributed by atoms with Crippen molar-refractivity contribution in [2.75, 3.05) is 32.7 Å². The molecular weight excluding hydrogens is 375 g/mol. The third kappa shape index (κ3) is 6.36. The van der Waals surface area contributed by atoms with Crippen LogP contribution in [0.2, 0.25) is 10.0 Å². The number of hydrogen-bond acceptors (Lipinski definition) is 6. The van der Waals surface area contributed by atoms with Crippen LogP contribution in [-0.2, 0) is 15.9 Å². The van der Waals surface area contributed by atoms with Crippen LogP contribution in [0.1, 0.15) is 31.5 Å². The van der Waals surface area contributed by atoms with Crippen molar-refractivity contribution >= 4 is 29.0 Å². The second kappa shape index (κ2) is 11.3. The Morgan fingerprint density at radius 1 is 1.00 bits per heavy atom. The number of ether oxygens (including phenoxy) is 2. The minimum Gasteiger partial charge on any atom is -0.385 e. The number of benzene rings is 1. The maximum absolute atomic E-state index is 6.21. The Hall–Kier alpha value is -1.47. The molecule has 0 saturated heterocycles. The molecule has 1 heterocycles. The summed E-state index contributed by atoms with van der Waals surface area (Å²) in [5.41, 5.74) is 7.09. The molecule has 142 valence electrons. The van der Waals surface area contributed by atoms with Gasteiger partial charge in [0.2, 0.25) is 0 Å². The van der Waals surface area contributed by atoms with Gasteiger partial charge in [0, 0.05) is 38.9 Å². The molecule has 0 aliphatic carbocycles. The van der Waals surface area contributed by atoms with Crippen LogP contribution >= 0.6 is 23.2 Å². The smallest absolute Gasteiger partial charge is 0.154 e. The molecule has 2 N–H and O–H groups in total. The average molecular weight is 399 g/mol. The van der Waals surface area contributed by atoms with E-state index in [1.54, 1.807) is 25.3 Å². The van der Waals surface area contributed by atoms with Gasteiger partial charge in [-0.3, -0.25) is 0 Å². The number of halogens is 2. The molecule has 1 aromatic carbocycles. The lowest BCUT2D eigenvalue weighted by Gasteiger charge is -2.08. The molecule has 0 atom stereocenters. The predicted octanol–water partition coefficient (Wildman–Crippen LogP) is 4.19. The summed E-state index contributed by atoms with van der Waals surface area (Å²) >= 11 is 12.2. The van der Waals surface area contributed by atoms with E-state index in [9.17, 15) is 0 Å². The average Bonchev–Trinajstić information content (AvgIpc) is 2.63. The highest BCUT2D eigenvalue weighted by molar-refractivity contribution is 6.43. The standard InChI is InChI=1S/C18H24Cl2N4O2/c1-25-10-3-2-4-11-26-12-6-9-15-22-18(21)17(24-23-15)13-7-5-8-14(19)16(13)20/h5,7-8H,2-4,6,9-12H2,1H3,(H2,21,22,23). The largest absolute Gasteiger partial charge is 0.385 e. The molecule has 26 heavy (non-hydrogen) atoms. The number of unbranched alkanes of at least 4 members (excludes halogenated alkanes) is 2. The van der Waals surface area contributed by atoms with Crippen molar-refractivity contribution in [2.24, 2.45) is 0 Å². The number of anilines is 1. The second-order valence-corrected chi connectivity index (χ2v) is 6.62. The van der Waals surface area contributed by atoms with Crippen molar-refractivity contribution in [2.45, 2.75) is 32.1 Å². The van der Waals surface area contributed by atoms with E-state index >= 15 is 0 Å². The fourth-order valence-electron chi connectivity index (χ4n) is 2.42. The van der Waals surface area contributed by atoms with Crippen LogP contribution in [0, 0.1) is 0 Å². The summed E-state index contributed by atoms with van der Waals surface area (Å²) < 4.78 is 10.6. The molecule has 0 unspecified atom stereocenters. The Morgan fingerprint density at radius 2 is 1.77 bits per heavy atom. The quantitative estimate of drug-likeness (QED) is 0.571. The maximum atomic E-state index is 6.21. The summed E-state index contributed by atoms with van der Waals surface area (Å²) in [6.07, 6.45) is 4.71. The fraction of sp³-hybridized carbons (Fsp3) is 0.500. The maximum Gasteiger partial charge on any atom is 0.154 e. The predicted molar refractivity (Wildman–Crippen MR) is 105 cm³/mol. The Labute approximate surface area is 164 Å². The van der Waals surface area contributed by atoms with E-state index in [0.29, 0.717) is 46.0 Å². The number of rotatable bonds is 11. The molecule has 0 aliphatic heterocycles. The molecule has 0 fully saturated rings. The van der Waals surface area contributed by atoms with Crippen molar-refractivity contribution in [1.82, 2.24) is 15.2 Å². The van der Waals surface area contributed by atoms with Crippen molar-refractivity contribution < 1.29 is 9.47 Å². The SMILES string of the molecule is COCCCCCOCCCc1nnc(-c2cccc(Cl)c2Cl)c(N)n1. The molecule has 2 rings (SSSR count). The molecule has 1 aromatic heterocycles. The number of nitrogen functional groups attached to an aromatic ring is 1. The van der Waals surface area contributed by atoms with Gasteiger partial charge < -0.3 is 15.2 Å². The van der Waals surface area contributed by atoms with Crippen LogP contribution < -0.4 is 5.73 Å². The number of nitrogens with zero attached hydrogens (tertiary/aromatic N) is 3. The lowest BCUT2D eigenvalue weighted by molar-refractivity contribution is 0.124. The summed E-state index contributed by atoms with van der Waals surface area (Å²) in [6, 6.07) is 5.28. The number of nitrogens with two attached hydrogens (primary N) is 1.